The van der Waals surface area contributed by atoms with Gasteiger partial charge in [0.15, 0.2) is 0 Å². The molecule has 1 aromatic heterocycles. The Labute approximate surface area is 90.3 Å². The number of aromatic nitrogens is 2. The van der Waals surface area contributed by atoms with Crippen molar-refractivity contribution >= 4 is 0 Å². The molecule has 6 heteroatoms. The summed E-state index contributed by atoms with van der Waals surface area (Å²) in [6, 6.07) is 5.81. The van der Waals surface area contributed by atoms with Gasteiger partial charge in [0.25, 0.3) is 0 Å². The lowest BCUT2D eigenvalue weighted by molar-refractivity contribution is 0.452. The molecule has 0 fully saturated rings. The molecule has 16 heavy (non-hydrogen) atoms. The molecule has 5 nitrogen and oxygen atoms in total. The molecule has 0 amide bonds. The molecule has 0 aliphatic rings. The highest BCUT2D eigenvalue weighted by atomic mass is 19.1. The zero-order chi connectivity index (χ0) is 11.5. The summed E-state index contributed by atoms with van der Waals surface area (Å²) in [4.78, 5) is 11.3. The number of nitrogens with two attached hydrogens (primary N) is 1. The molecular weight excluding hydrogens is 213 g/mol. The summed E-state index contributed by atoms with van der Waals surface area (Å²) in [6.07, 6.45) is 0. The van der Waals surface area contributed by atoms with E-state index < -0.39 is 5.76 Å². The van der Waals surface area contributed by atoms with Crippen molar-refractivity contribution in [1.82, 2.24) is 9.78 Å². The molecule has 0 bridgehead atoms. The first kappa shape index (κ1) is 10.6. The van der Waals surface area contributed by atoms with Gasteiger partial charge in [-0.25, -0.2) is 9.18 Å². The number of nitrogens with zero attached hydrogens (tertiary/aromatic N) is 2. The van der Waals surface area contributed by atoms with E-state index in [9.17, 15) is 9.18 Å². The van der Waals surface area contributed by atoms with E-state index in [0.29, 0.717) is 0 Å². The van der Waals surface area contributed by atoms with Gasteiger partial charge in [-0.3, -0.25) is 0 Å². The molecule has 0 saturated carbocycles. The molecule has 0 atom stereocenters. The van der Waals surface area contributed by atoms with E-state index in [1.165, 1.54) is 12.1 Å². The van der Waals surface area contributed by atoms with Crippen LogP contribution in [0.25, 0.3) is 0 Å². The minimum absolute atomic E-state index is 0.0751. The zero-order valence-electron chi connectivity index (χ0n) is 8.39. The van der Waals surface area contributed by atoms with Gasteiger partial charge in [-0.15, -0.1) is 5.10 Å². The highest BCUT2D eigenvalue weighted by molar-refractivity contribution is 5.15. The Kier molecular flexibility index (Phi) is 2.82. The van der Waals surface area contributed by atoms with Crippen LogP contribution in [0.15, 0.2) is 33.5 Å². The second kappa shape index (κ2) is 4.28. The maximum atomic E-state index is 12.6. The number of hydrogen-bond donors (Lipinski definition) is 1. The first-order valence-corrected chi connectivity index (χ1v) is 4.70. The normalized spacial score (nSPS) is 10.6. The molecule has 0 aliphatic carbocycles. The van der Waals surface area contributed by atoms with Crippen molar-refractivity contribution in [3.05, 3.63) is 52.1 Å². The Balaban J connectivity index is 2.23. The molecule has 2 aromatic rings. The summed E-state index contributed by atoms with van der Waals surface area (Å²) in [5.41, 5.74) is 6.05. The third kappa shape index (κ3) is 2.17. The van der Waals surface area contributed by atoms with Crippen molar-refractivity contribution in [1.29, 1.82) is 0 Å². The molecule has 2 rings (SSSR count). The van der Waals surface area contributed by atoms with E-state index in [1.807, 2.05) is 0 Å². The summed E-state index contributed by atoms with van der Waals surface area (Å²) in [6.45, 7) is 0.314. The number of benzene rings is 1. The van der Waals surface area contributed by atoms with Crippen LogP contribution in [-0.2, 0) is 13.1 Å². The SMILES string of the molecule is NCc1nn(Cc2ccc(F)cc2)c(=O)o1. The fourth-order valence-electron chi connectivity index (χ4n) is 1.29. The molecule has 0 aliphatic heterocycles. The van der Waals surface area contributed by atoms with Gasteiger partial charge < -0.3 is 10.2 Å². The van der Waals surface area contributed by atoms with Gasteiger partial charge >= 0.3 is 5.76 Å². The first-order chi connectivity index (χ1) is 7.69. The van der Waals surface area contributed by atoms with Gasteiger partial charge in [-0.05, 0) is 17.7 Å². The number of rotatable bonds is 3. The van der Waals surface area contributed by atoms with Crippen molar-refractivity contribution in [2.45, 2.75) is 13.1 Å². The van der Waals surface area contributed by atoms with E-state index in [4.69, 9.17) is 10.2 Å². The summed E-state index contributed by atoms with van der Waals surface area (Å²) in [7, 11) is 0. The molecular formula is C10H10FN3O2. The van der Waals surface area contributed by atoms with Crippen molar-refractivity contribution in [3.63, 3.8) is 0 Å². The average Bonchev–Trinajstić information content (AvgIpc) is 2.63. The molecule has 1 aromatic carbocycles. The van der Waals surface area contributed by atoms with Gasteiger partial charge in [-0.1, -0.05) is 12.1 Å². The third-order valence-electron chi connectivity index (χ3n) is 2.07. The van der Waals surface area contributed by atoms with Gasteiger partial charge in [0, 0.05) is 0 Å². The summed E-state index contributed by atoms with van der Waals surface area (Å²) < 4.78 is 18.5. The topological polar surface area (TPSA) is 74.0 Å². The average molecular weight is 223 g/mol. The largest absolute Gasteiger partial charge is 0.437 e. The van der Waals surface area contributed by atoms with Gasteiger partial charge in [0.2, 0.25) is 5.89 Å². The molecule has 0 spiro atoms. The highest BCUT2D eigenvalue weighted by Crippen LogP contribution is 2.03. The highest BCUT2D eigenvalue weighted by Gasteiger charge is 2.06. The van der Waals surface area contributed by atoms with Gasteiger partial charge in [-0.2, -0.15) is 4.68 Å². The molecule has 0 unspecified atom stereocenters. The van der Waals surface area contributed by atoms with E-state index in [1.54, 1.807) is 12.1 Å². The van der Waals surface area contributed by atoms with Crippen molar-refractivity contribution in [2.24, 2.45) is 5.73 Å². The summed E-state index contributed by atoms with van der Waals surface area (Å²) in [5, 5.41) is 3.86. The predicted octanol–water partition coefficient (Wildman–Crippen LogP) is 0.482. The Bertz CT molecular complexity index is 530. The van der Waals surface area contributed by atoms with E-state index >= 15 is 0 Å². The second-order valence-corrected chi connectivity index (χ2v) is 3.25. The third-order valence-corrected chi connectivity index (χ3v) is 2.07. The maximum absolute atomic E-state index is 12.6. The fourth-order valence-corrected chi connectivity index (χ4v) is 1.29. The minimum atomic E-state index is -0.565. The Hall–Kier alpha value is -1.95. The Morgan fingerprint density at radius 1 is 1.38 bits per heavy atom. The van der Waals surface area contributed by atoms with E-state index in [0.717, 1.165) is 10.2 Å². The standard InChI is InChI=1S/C10H10FN3O2/c11-8-3-1-7(2-4-8)6-14-10(15)16-9(5-12)13-14/h1-4H,5-6,12H2. The van der Waals surface area contributed by atoms with Crippen LogP contribution in [0, 0.1) is 5.82 Å². The number of hydrogen-bond acceptors (Lipinski definition) is 4. The number of halogens is 1. The fraction of sp³-hybridized carbons (Fsp3) is 0.200. The summed E-state index contributed by atoms with van der Waals surface area (Å²) >= 11 is 0. The van der Waals surface area contributed by atoms with Crippen LogP contribution in [0.4, 0.5) is 4.39 Å². The van der Waals surface area contributed by atoms with Crippen LogP contribution in [-0.4, -0.2) is 9.78 Å². The smallest absolute Gasteiger partial charge is 0.391 e. The lowest BCUT2D eigenvalue weighted by Crippen LogP contribution is -2.16. The molecule has 0 saturated heterocycles. The van der Waals surface area contributed by atoms with Gasteiger partial charge in [0.05, 0.1) is 13.1 Å². The molecule has 84 valence electrons. The van der Waals surface area contributed by atoms with Crippen LogP contribution in [0.1, 0.15) is 11.5 Å². The van der Waals surface area contributed by atoms with Gasteiger partial charge in [0.1, 0.15) is 5.82 Å². The van der Waals surface area contributed by atoms with Crippen molar-refractivity contribution in [3.8, 4) is 0 Å². The lowest BCUT2D eigenvalue weighted by atomic mass is 10.2. The minimum Gasteiger partial charge on any atom is -0.391 e. The van der Waals surface area contributed by atoms with Crippen molar-refractivity contribution in [2.75, 3.05) is 0 Å². The Morgan fingerprint density at radius 3 is 2.62 bits per heavy atom. The molecule has 1 heterocycles. The van der Waals surface area contributed by atoms with Crippen molar-refractivity contribution < 1.29 is 8.81 Å². The summed E-state index contributed by atoms with van der Waals surface area (Å²) in [5.74, 6) is -0.698. The quantitative estimate of drug-likeness (QED) is 0.821. The zero-order valence-corrected chi connectivity index (χ0v) is 8.39. The maximum Gasteiger partial charge on any atom is 0.437 e. The van der Waals surface area contributed by atoms with Crippen LogP contribution in [0.3, 0.4) is 0 Å². The predicted molar refractivity (Wildman–Crippen MR) is 54.2 cm³/mol. The van der Waals surface area contributed by atoms with Crippen LogP contribution in [0.5, 0.6) is 0 Å². The van der Waals surface area contributed by atoms with E-state index in [-0.39, 0.29) is 24.8 Å². The van der Waals surface area contributed by atoms with Crippen LogP contribution >= 0.6 is 0 Å². The van der Waals surface area contributed by atoms with E-state index in [2.05, 4.69) is 5.10 Å². The van der Waals surface area contributed by atoms with Crippen LogP contribution < -0.4 is 11.5 Å². The van der Waals surface area contributed by atoms with Crippen LogP contribution in [0.2, 0.25) is 0 Å². The second-order valence-electron chi connectivity index (χ2n) is 3.25. The first-order valence-electron chi connectivity index (χ1n) is 4.70. The molecule has 2 N–H and O–H groups in total. The molecule has 0 radical (unpaired) electrons. The monoisotopic (exact) mass is 223 g/mol. The Morgan fingerprint density at radius 2 is 2.06 bits per heavy atom. The lowest BCUT2D eigenvalue weighted by Gasteiger charge is -1.98.